The molecule has 0 bridgehead atoms. The molecule has 2 heterocycles. The van der Waals surface area contributed by atoms with Crippen molar-refractivity contribution in [3.8, 4) is 17.4 Å². The molecule has 5 heteroatoms. The smallest absolute Gasteiger partial charge is 0.322 e. The Bertz CT molecular complexity index is 985. The quantitative estimate of drug-likeness (QED) is 0.568. The molecule has 0 N–H and O–H groups in total. The summed E-state index contributed by atoms with van der Waals surface area (Å²) >= 11 is 0. The normalized spacial score (nSPS) is 10.9. The van der Waals surface area contributed by atoms with Crippen LogP contribution in [0.25, 0.3) is 16.6 Å². The Morgan fingerprint density at radius 3 is 2.33 bits per heavy atom. The van der Waals surface area contributed by atoms with Gasteiger partial charge in [0.2, 0.25) is 0 Å². The van der Waals surface area contributed by atoms with Crippen LogP contribution in [0.15, 0.2) is 60.8 Å². The largest absolute Gasteiger partial charge is 0.424 e. The second-order valence-corrected chi connectivity index (χ2v) is 5.64. The lowest BCUT2D eigenvalue weighted by atomic mass is 10.2. The third kappa shape index (κ3) is 2.72. The van der Waals surface area contributed by atoms with Crippen LogP contribution in [0, 0.1) is 13.8 Å². The van der Waals surface area contributed by atoms with Crippen molar-refractivity contribution in [2.24, 2.45) is 0 Å². The Morgan fingerprint density at radius 2 is 1.58 bits per heavy atom. The van der Waals surface area contributed by atoms with Gasteiger partial charge in [-0.05, 0) is 50.2 Å². The monoisotopic (exact) mass is 316 g/mol. The van der Waals surface area contributed by atoms with Crippen LogP contribution in [0.1, 0.15) is 11.4 Å². The molecule has 118 valence electrons. The summed E-state index contributed by atoms with van der Waals surface area (Å²) in [7, 11) is 0. The van der Waals surface area contributed by atoms with E-state index in [0.717, 1.165) is 28.0 Å². The zero-order valence-corrected chi connectivity index (χ0v) is 13.5. The van der Waals surface area contributed by atoms with E-state index in [4.69, 9.17) is 4.74 Å². The van der Waals surface area contributed by atoms with Crippen molar-refractivity contribution in [2.75, 3.05) is 0 Å². The fraction of sp³-hybridized carbons (Fsp3) is 0.105. The first kappa shape index (κ1) is 14.4. The molecule has 0 saturated carbocycles. The van der Waals surface area contributed by atoms with Crippen LogP contribution in [0.5, 0.6) is 11.8 Å². The van der Waals surface area contributed by atoms with E-state index in [1.165, 1.54) is 0 Å². The lowest BCUT2D eigenvalue weighted by Gasteiger charge is -2.07. The second kappa shape index (κ2) is 5.77. The summed E-state index contributed by atoms with van der Waals surface area (Å²) < 4.78 is 7.66. The molecule has 0 saturated heterocycles. The van der Waals surface area contributed by atoms with Gasteiger partial charge in [0.15, 0.2) is 0 Å². The zero-order valence-electron chi connectivity index (χ0n) is 13.5. The fourth-order valence-electron chi connectivity index (χ4n) is 2.68. The summed E-state index contributed by atoms with van der Waals surface area (Å²) in [6.07, 6.45) is 1.86. The molecule has 4 aromatic rings. The van der Waals surface area contributed by atoms with Crippen LogP contribution in [0.2, 0.25) is 0 Å². The van der Waals surface area contributed by atoms with E-state index in [2.05, 4.69) is 21.1 Å². The number of ether oxygens (including phenoxy) is 1. The molecule has 2 aromatic carbocycles. The minimum atomic E-state index is 0.366. The minimum Gasteiger partial charge on any atom is -0.424 e. The van der Waals surface area contributed by atoms with Crippen LogP contribution in [-0.2, 0) is 0 Å². The van der Waals surface area contributed by atoms with Gasteiger partial charge in [0.1, 0.15) is 5.75 Å². The Balaban J connectivity index is 1.63. The highest BCUT2D eigenvalue weighted by Gasteiger charge is 2.06. The number of hydrogen-bond donors (Lipinski definition) is 0. The Kier molecular flexibility index (Phi) is 3.46. The van der Waals surface area contributed by atoms with Gasteiger partial charge in [-0.3, -0.25) is 0 Å². The predicted octanol–water partition coefficient (Wildman–Crippen LogP) is 4.22. The van der Waals surface area contributed by atoms with Crippen LogP contribution >= 0.6 is 0 Å². The van der Waals surface area contributed by atoms with E-state index in [9.17, 15) is 0 Å². The van der Waals surface area contributed by atoms with E-state index in [1.807, 2.05) is 73.3 Å². The van der Waals surface area contributed by atoms with Gasteiger partial charge in [-0.25, -0.2) is 14.6 Å². The first-order chi connectivity index (χ1) is 11.7. The Morgan fingerprint density at radius 1 is 0.875 bits per heavy atom. The molecule has 0 aliphatic carbocycles. The highest BCUT2D eigenvalue weighted by Crippen LogP contribution is 2.22. The van der Waals surface area contributed by atoms with Crippen molar-refractivity contribution in [3.05, 3.63) is 72.2 Å². The number of nitrogens with zero attached hydrogens (tertiary/aromatic N) is 4. The molecular formula is C19H16N4O. The molecule has 24 heavy (non-hydrogen) atoms. The number of para-hydroxylation sites is 1. The summed E-state index contributed by atoms with van der Waals surface area (Å²) in [6, 6.07) is 18.1. The zero-order chi connectivity index (χ0) is 16.5. The molecular weight excluding hydrogens is 300 g/mol. The molecule has 0 atom stereocenters. The molecule has 0 aliphatic rings. The van der Waals surface area contributed by atoms with Crippen molar-refractivity contribution >= 4 is 10.9 Å². The van der Waals surface area contributed by atoms with Crippen molar-refractivity contribution in [1.82, 2.24) is 19.7 Å². The van der Waals surface area contributed by atoms with E-state index in [-0.39, 0.29) is 0 Å². The first-order valence-corrected chi connectivity index (χ1v) is 7.72. The molecule has 0 radical (unpaired) electrons. The third-order valence-electron chi connectivity index (χ3n) is 3.73. The number of aromatic nitrogens is 4. The summed E-state index contributed by atoms with van der Waals surface area (Å²) in [4.78, 5) is 8.58. The standard InChI is InChI=1S/C19H16N4O/c1-13-11-14(2)22-19(21-13)24-17-9-7-16(8-10-17)23-18-6-4-3-5-15(18)12-20-23/h3-12H,1-2H3. The maximum atomic E-state index is 5.75. The van der Waals surface area contributed by atoms with E-state index in [0.29, 0.717) is 11.8 Å². The van der Waals surface area contributed by atoms with Crippen LogP contribution in [-0.4, -0.2) is 19.7 Å². The molecule has 0 amide bonds. The molecule has 4 rings (SSSR count). The average Bonchev–Trinajstić information content (AvgIpc) is 2.99. The van der Waals surface area contributed by atoms with E-state index in [1.54, 1.807) is 0 Å². The number of aryl methyl sites for hydroxylation is 2. The van der Waals surface area contributed by atoms with Gasteiger partial charge in [-0.2, -0.15) is 5.10 Å². The van der Waals surface area contributed by atoms with Crippen molar-refractivity contribution in [1.29, 1.82) is 0 Å². The van der Waals surface area contributed by atoms with Gasteiger partial charge in [-0.15, -0.1) is 0 Å². The van der Waals surface area contributed by atoms with Crippen LogP contribution < -0.4 is 4.74 Å². The molecule has 0 fully saturated rings. The third-order valence-corrected chi connectivity index (χ3v) is 3.73. The Hall–Kier alpha value is -3.21. The minimum absolute atomic E-state index is 0.366. The first-order valence-electron chi connectivity index (χ1n) is 7.72. The van der Waals surface area contributed by atoms with Crippen LogP contribution in [0.4, 0.5) is 0 Å². The average molecular weight is 316 g/mol. The van der Waals surface area contributed by atoms with Gasteiger partial charge >= 0.3 is 6.01 Å². The van der Waals surface area contributed by atoms with Crippen molar-refractivity contribution in [2.45, 2.75) is 13.8 Å². The maximum absolute atomic E-state index is 5.75. The lowest BCUT2D eigenvalue weighted by molar-refractivity contribution is 0.439. The fourth-order valence-corrected chi connectivity index (χ4v) is 2.68. The second-order valence-electron chi connectivity index (χ2n) is 5.64. The van der Waals surface area contributed by atoms with Gasteiger partial charge < -0.3 is 4.74 Å². The lowest BCUT2D eigenvalue weighted by Crippen LogP contribution is -1.97. The number of rotatable bonds is 3. The number of fused-ring (bicyclic) bond motifs is 1. The summed E-state index contributed by atoms with van der Waals surface area (Å²) in [5, 5.41) is 5.57. The van der Waals surface area contributed by atoms with Crippen molar-refractivity contribution in [3.63, 3.8) is 0 Å². The molecule has 5 nitrogen and oxygen atoms in total. The molecule has 0 spiro atoms. The SMILES string of the molecule is Cc1cc(C)nc(Oc2ccc(-n3ncc4ccccc43)cc2)n1. The molecule has 2 aromatic heterocycles. The number of benzene rings is 2. The van der Waals surface area contributed by atoms with Gasteiger partial charge in [-0.1, -0.05) is 18.2 Å². The predicted molar refractivity (Wildman–Crippen MR) is 92.7 cm³/mol. The summed E-state index contributed by atoms with van der Waals surface area (Å²) in [5.41, 5.74) is 3.82. The van der Waals surface area contributed by atoms with Crippen LogP contribution in [0.3, 0.4) is 0 Å². The van der Waals surface area contributed by atoms with E-state index >= 15 is 0 Å². The summed E-state index contributed by atoms with van der Waals surface area (Å²) in [6.45, 7) is 3.85. The topological polar surface area (TPSA) is 52.8 Å². The van der Waals surface area contributed by atoms with Gasteiger partial charge in [0.25, 0.3) is 0 Å². The van der Waals surface area contributed by atoms with Crippen molar-refractivity contribution < 1.29 is 4.74 Å². The Labute approximate surface area is 139 Å². The maximum Gasteiger partial charge on any atom is 0.322 e. The highest BCUT2D eigenvalue weighted by atomic mass is 16.5. The van der Waals surface area contributed by atoms with Gasteiger partial charge in [0.05, 0.1) is 17.4 Å². The highest BCUT2D eigenvalue weighted by molar-refractivity contribution is 5.80. The number of hydrogen-bond acceptors (Lipinski definition) is 4. The molecule has 0 aliphatic heterocycles. The molecule has 0 unspecified atom stereocenters. The van der Waals surface area contributed by atoms with E-state index < -0.39 is 0 Å². The van der Waals surface area contributed by atoms with Gasteiger partial charge in [0, 0.05) is 16.8 Å². The summed E-state index contributed by atoms with van der Waals surface area (Å²) in [5.74, 6) is 0.695.